The van der Waals surface area contributed by atoms with Crippen LogP contribution in [0.3, 0.4) is 0 Å². The van der Waals surface area contributed by atoms with Gasteiger partial charge in [0.1, 0.15) is 23.9 Å². The number of carbonyl (C=O) groups excluding carboxylic acids is 1. The van der Waals surface area contributed by atoms with Gasteiger partial charge in [0.25, 0.3) is 0 Å². The monoisotopic (exact) mass is 395 g/mol. The quantitative estimate of drug-likeness (QED) is 0.692. The van der Waals surface area contributed by atoms with Crippen molar-refractivity contribution in [1.29, 1.82) is 0 Å². The number of hydrogen-bond donors (Lipinski definition) is 1. The average Bonchev–Trinajstić information content (AvgIpc) is 2.58. The summed E-state index contributed by atoms with van der Waals surface area (Å²) in [5.41, 5.74) is 0.529. The summed E-state index contributed by atoms with van der Waals surface area (Å²) in [5, 5.41) is 2.76. The van der Waals surface area contributed by atoms with Gasteiger partial charge in [0, 0.05) is 17.0 Å². The molecule has 1 N–H and O–H groups in total. The molecule has 0 aliphatic rings. The highest BCUT2D eigenvalue weighted by Gasteiger charge is 2.06. The molecule has 0 aromatic heterocycles. The minimum Gasteiger partial charge on any atom is -0.497 e. The lowest BCUT2D eigenvalue weighted by atomic mass is 10.1. The second-order valence-electron chi connectivity index (χ2n) is 5.11. The number of halogens is 2. The van der Waals surface area contributed by atoms with Crippen molar-refractivity contribution in [2.75, 3.05) is 20.3 Å². The van der Waals surface area contributed by atoms with Crippen LogP contribution >= 0.6 is 15.9 Å². The molecule has 0 atom stereocenters. The topological polar surface area (TPSA) is 47.6 Å². The molecule has 1 amide bonds. The first-order chi connectivity index (χ1) is 11.6. The molecule has 0 aliphatic heterocycles. The van der Waals surface area contributed by atoms with Crippen LogP contribution in [0.4, 0.5) is 4.39 Å². The van der Waals surface area contributed by atoms with E-state index in [0.29, 0.717) is 41.1 Å². The molecule has 2 rings (SSSR count). The Bertz CT molecular complexity index is 694. The van der Waals surface area contributed by atoms with Crippen molar-refractivity contribution in [2.24, 2.45) is 0 Å². The summed E-state index contributed by atoms with van der Waals surface area (Å²) in [5.74, 6) is 0.957. The second-order valence-corrected chi connectivity index (χ2v) is 6.03. The number of rotatable bonds is 8. The third-order valence-corrected chi connectivity index (χ3v) is 3.86. The lowest BCUT2D eigenvalue weighted by molar-refractivity contribution is -0.121. The fraction of sp³-hybridized carbons (Fsp3) is 0.278. The predicted octanol–water partition coefficient (Wildman–Crippen LogP) is 3.72. The molecule has 128 valence electrons. The highest BCUT2D eigenvalue weighted by molar-refractivity contribution is 9.10. The molecule has 24 heavy (non-hydrogen) atoms. The Kier molecular flexibility index (Phi) is 7.06. The minimum atomic E-state index is -0.307. The molecule has 2 aromatic carbocycles. The molecule has 0 heterocycles. The molecular weight excluding hydrogens is 377 g/mol. The van der Waals surface area contributed by atoms with Crippen LogP contribution in [0, 0.1) is 5.82 Å². The van der Waals surface area contributed by atoms with Gasteiger partial charge in [-0.1, -0.05) is 28.1 Å². The lowest BCUT2D eigenvalue weighted by Gasteiger charge is -2.09. The van der Waals surface area contributed by atoms with E-state index in [1.54, 1.807) is 25.3 Å². The van der Waals surface area contributed by atoms with Crippen LogP contribution in [0.25, 0.3) is 0 Å². The molecule has 0 radical (unpaired) electrons. The molecule has 0 bridgehead atoms. The van der Waals surface area contributed by atoms with Crippen LogP contribution in [-0.4, -0.2) is 26.2 Å². The first-order valence-electron chi connectivity index (χ1n) is 7.56. The van der Waals surface area contributed by atoms with E-state index in [-0.39, 0.29) is 18.1 Å². The Hall–Kier alpha value is -2.08. The van der Waals surface area contributed by atoms with Crippen LogP contribution in [-0.2, 0) is 11.2 Å². The van der Waals surface area contributed by atoms with E-state index in [0.717, 1.165) is 0 Å². The molecule has 0 aliphatic carbocycles. The standard InChI is InChI=1S/C18H19BrFNO3/c1-23-15-3-2-4-16(12-15)24-10-9-21-18(22)8-6-13-5-7-14(19)11-17(13)20/h2-5,7,11-12H,6,8-10H2,1H3,(H,21,22). The van der Waals surface area contributed by atoms with Crippen LogP contribution in [0.2, 0.25) is 0 Å². The summed E-state index contributed by atoms with van der Waals surface area (Å²) in [7, 11) is 1.59. The number of amides is 1. The first kappa shape index (κ1) is 18.3. The third-order valence-electron chi connectivity index (χ3n) is 3.37. The van der Waals surface area contributed by atoms with Crippen molar-refractivity contribution in [3.63, 3.8) is 0 Å². The molecule has 0 unspecified atom stereocenters. The number of nitrogens with one attached hydrogen (secondary N) is 1. The van der Waals surface area contributed by atoms with E-state index in [1.807, 2.05) is 18.2 Å². The van der Waals surface area contributed by atoms with Crippen LogP contribution in [0.15, 0.2) is 46.9 Å². The smallest absolute Gasteiger partial charge is 0.220 e. The van der Waals surface area contributed by atoms with E-state index in [9.17, 15) is 9.18 Å². The van der Waals surface area contributed by atoms with Crippen LogP contribution in [0.5, 0.6) is 11.5 Å². The zero-order valence-electron chi connectivity index (χ0n) is 13.4. The Balaban J connectivity index is 1.67. The van der Waals surface area contributed by atoms with Crippen molar-refractivity contribution < 1.29 is 18.7 Å². The van der Waals surface area contributed by atoms with Crippen molar-refractivity contribution in [3.8, 4) is 11.5 Å². The molecule has 0 fully saturated rings. The van der Waals surface area contributed by atoms with E-state index in [4.69, 9.17) is 9.47 Å². The van der Waals surface area contributed by atoms with E-state index in [1.165, 1.54) is 6.07 Å². The first-order valence-corrected chi connectivity index (χ1v) is 8.35. The number of hydrogen-bond acceptors (Lipinski definition) is 3. The predicted molar refractivity (Wildman–Crippen MR) is 93.9 cm³/mol. The van der Waals surface area contributed by atoms with Gasteiger partial charge in [0.2, 0.25) is 5.91 Å². The van der Waals surface area contributed by atoms with Crippen molar-refractivity contribution in [2.45, 2.75) is 12.8 Å². The summed E-state index contributed by atoms with van der Waals surface area (Å²) >= 11 is 3.21. The summed E-state index contributed by atoms with van der Waals surface area (Å²) < 4.78 is 25.0. The van der Waals surface area contributed by atoms with E-state index >= 15 is 0 Å². The lowest BCUT2D eigenvalue weighted by Crippen LogP contribution is -2.28. The fourth-order valence-electron chi connectivity index (χ4n) is 2.11. The molecule has 6 heteroatoms. The SMILES string of the molecule is COc1cccc(OCCNC(=O)CCc2ccc(Br)cc2F)c1. The maximum Gasteiger partial charge on any atom is 0.220 e. The Labute approximate surface area is 149 Å². The van der Waals surface area contributed by atoms with Gasteiger partial charge in [-0.2, -0.15) is 0 Å². The van der Waals surface area contributed by atoms with Gasteiger partial charge >= 0.3 is 0 Å². The van der Waals surface area contributed by atoms with Gasteiger partial charge in [-0.3, -0.25) is 4.79 Å². The minimum absolute atomic E-state index is 0.133. The largest absolute Gasteiger partial charge is 0.497 e. The Morgan fingerprint density at radius 2 is 2.00 bits per heavy atom. The highest BCUT2D eigenvalue weighted by Crippen LogP contribution is 2.18. The molecule has 4 nitrogen and oxygen atoms in total. The van der Waals surface area contributed by atoms with Gasteiger partial charge in [-0.15, -0.1) is 0 Å². The zero-order chi connectivity index (χ0) is 17.4. The molecule has 2 aromatic rings. The van der Waals surface area contributed by atoms with Crippen molar-refractivity contribution in [3.05, 3.63) is 58.3 Å². The highest BCUT2D eigenvalue weighted by atomic mass is 79.9. The fourth-order valence-corrected chi connectivity index (χ4v) is 2.44. The number of ether oxygens (including phenoxy) is 2. The molecular formula is C18H19BrFNO3. The Morgan fingerprint density at radius 1 is 1.21 bits per heavy atom. The summed E-state index contributed by atoms with van der Waals surface area (Å²) in [4.78, 5) is 11.8. The summed E-state index contributed by atoms with van der Waals surface area (Å²) in [6.45, 7) is 0.740. The van der Waals surface area contributed by atoms with E-state index < -0.39 is 0 Å². The van der Waals surface area contributed by atoms with E-state index in [2.05, 4.69) is 21.2 Å². The van der Waals surface area contributed by atoms with Crippen LogP contribution < -0.4 is 14.8 Å². The molecule has 0 saturated carbocycles. The maximum absolute atomic E-state index is 13.7. The molecule has 0 saturated heterocycles. The van der Waals surface area contributed by atoms with Gasteiger partial charge in [0.05, 0.1) is 13.7 Å². The maximum atomic E-state index is 13.7. The van der Waals surface area contributed by atoms with Crippen molar-refractivity contribution >= 4 is 21.8 Å². The van der Waals surface area contributed by atoms with Crippen molar-refractivity contribution in [1.82, 2.24) is 5.32 Å². The van der Waals surface area contributed by atoms with Gasteiger partial charge in [-0.25, -0.2) is 4.39 Å². The second kappa shape index (κ2) is 9.27. The zero-order valence-corrected chi connectivity index (χ0v) is 14.9. The number of benzene rings is 2. The van der Waals surface area contributed by atoms with Gasteiger partial charge < -0.3 is 14.8 Å². The number of methoxy groups -OCH3 is 1. The summed E-state index contributed by atoms with van der Waals surface area (Å²) in [6, 6.07) is 12.1. The third kappa shape index (κ3) is 5.85. The van der Waals surface area contributed by atoms with Gasteiger partial charge in [-0.05, 0) is 36.2 Å². The molecule has 0 spiro atoms. The number of aryl methyl sites for hydroxylation is 1. The average molecular weight is 396 g/mol. The Morgan fingerprint density at radius 3 is 2.75 bits per heavy atom. The van der Waals surface area contributed by atoms with Crippen LogP contribution in [0.1, 0.15) is 12.0 Å². The number of carbonyl (C=O) groups is 1. The normalized spacial score (nSPS) is 10.3. The summed E-state index contributed by atoms with van der Waals surface area (Å²) in [6.07, 6.45) is 0.597. The van der Waals surface area contributed by atoms with Gasteiger partial charge in [0.15, 0.2) is 0 Å².